The summed E-state index contributed by atoms with van der Waals surface area (Å²) in [5.74, 6) is 1.08. The average molecular weight is 350 g/mol. The van der Waals surface area contributed by atoms with Crippen LogP contribution in [0.5, 0.6) is 11.5 Å². The second kappa shape index (κ2) is 9.15. The summed E-state index contributed by atoms with van der Waals surface area (Å²) in [6.45, 7) is 7.05. The number of benzene rings is 1. The lowest BCUT2D eigenvalue weighted by molar-refractivity contribution is -0.147. The molecule has 0 aliphatic carbocycles. The second-order valence-corrected chi connectivity index (χ2v) is 6.06. The van der Waals surface area contributed by atoms with E-state index < -0.39 is 0 Å². The van der Waals surface area contributed by atoms with Crippen molar-refractivity contribution in [1.82, 2.24) is 10.2 Å². The van der Waals surface area contributed by atoms with Crippen molar-refractivity contribution in [2.75, 3.05) is 26.2 Å². The van der Waals surface area contributed by atoms with Crippen molar-refractivity contribution in [2.24, 2.45) is 0 Å². The highest BCUT2D eigenvalue weighted by atomic mass is 16.6. The lowest BCUT2D eigenvalue weighted by atomic mass is 10.2. The van der Waals surface area contributed by atoms with Gasteiger partial charge < -0.3 is 24.4 Å². The number of hydrogen-bond acceptors (Lipinski definition) is 5. The molecule has 7 heteroatoms. The molecular weight excluding hydrogens is 324 g/mol. The van der Waals surface area contributed by atoms with Gasteiger partial charge in [-0.15, -0.1) is 0 Å². The standard InChI is InChI=1S/C18H26N2O5/c1-4-20(18(22)19-10-9-17(21)24-13(2)3)11-14-12-23-15-7-5-6-8-16(15)25-14/h5-8,13-14H,4,9-12H2,1-3H3,(H,19,22). The molecule has 1 aromatic rings. The zero-order valence-corrected chi connectivity index (χ0v) is 15.0. The summed E-state index contributed by atoms with van der Waals surface area (Å²) < 4.78 is 16.6. The van der Waals surface area contributed by atoms with E-state index >= 15 is 0 Å². The van der Waals surface area contributed by atoms with Crippen molar-refractivity contribution in [2.45, 2.75) is 39.4 Å². The van der Waals surface area contributed by atoms with Crippen LogP contribution in [0.2, 0.25) is 0 Å². The summed E-state index contributed by atoms with van der Waals surface area (Å²) in [5, 5.41) is 2.74. The molecule has 1 aliphatic heterocycles. The van der Waals surface area contributed by atoms with Gasteiger partial charge in [0.1, 0.15) is 6.61 Å². The zero-order valence-electron chi connectivity index (χ0n) is 15.0. The Hall–Kier alpha value is -2.44. The molecule has 1 aromatic carbocycles. The number of carbonyl (C=O) groups excluding carboxylic acids is 2. The van der Waals surface area contributed by atoms with E-state index in [0.29, 0.717) is 25.4 Å². The van der Waals surface area contributed by atoms with E-state index in [1.807, 2.05) is 31.2 Å². The van der Waals surface area contributed by atoms with Gasteiger partial charge in [-0.25, -0.2) is 4.79 Å². The fraction of sp³-hybridized carbons (Fsp3) is 0.556. The molecule has 1 heterocycles. The number of amides is 2. The van der Waals surface area contributed by atoms with Crippen LogP contribution in [0.4, 0.5) is 4.79 Å². The number of nitrogens with one attached hydrogen (secondary N) is 1. The molecule has 0 fully saturated rings. The number of ether oxygens (including phenoxy) is 3. The van der Waals surface area contributed by atoms with Crippen LogP contribution in [0.25, 0.3) is 0 Å². The number of esters is 1. The second-order valence-electron chi connectivity index (χ2n) is 6.06. The summed E-state index contributed by atoms with van der Waals surface area (Å²) in [7, 11) is 0. The number of likely N-dealkylation sites (N-methyl/N-ethyl adjacent to an activating group) is 1. The van der Waals surface area contributed by atoms with E-state index in [4.69, 9.17) is 14.2 Å². The number of fused-ring (bicyclic) bond motifs is 1. The van der Waals surface area contributed by atoms with Crippen LogP contribution in [0.3, 0.4) is 0 Å². The smallest absolute Gasteiger partial charge is 0.317 e. The predicted molar refractivity (Wildman–Crippen MR) is 92.8 cm³/mol. The van der Waals surface area contributed by atoms with E-state index in [9.17, 15) is 9.59 Å². The maximum absolute atomic E-state index is 12.3. The Morgan fingerprint density at radius 2 is 2.04 bits per heavy atom. The summed E-state index contributed by atoms with van der Waals surface area (Å²) >= 11 is 0. The number of nitrogens with zero attached hydrogens (tertiary/aromatic N) is 1. The Balaban J connectivity index is 1.78. The minimum atomic E-state index is -0.320. The van der Waals surface area contributed by atoms with E-state index in [0.717, 1.165) is 5.75 Å². The van der Waals surface area contributed by atoms with Crippen molar-refractivity contribution >= 4 is 12.0 Å². The summed E-state index contributed by atoms with van der Waals surface area (Å²) in [5.41, 5.74) is 0. The van der Waals surface area contributed by atoms with Crippen LogP contribution >= 0.6 is 0 Å². The molecule has 0 bridgehead atoms. The van der Waals surface area contributed by atoms with E-state index in [2.05, 4.69) is 5.32 Å². The molecule has 1 aliphatic rings. The summed E-state index contributed by atoms with van der Waals surface area (Å²) in [6.07, 6.45) is -0.231. The molecule has 0 radical (unpaired) electrons. The van der Waals surface area contributed by atoms with Gasteiger partial charge in [0.25, 0.3) is 0 Å². The molecule has 2 amide bonds. The Kier molecular flexibility index (Phi) is 6.91. The number of hydrogen-bond donors (Lipinski definition) is 1. The largest absolute Gasteiger partial charge is 0.486 e. The fourth-order valence-electron chi connectivity index (χ4n) is 2.46. The fourth-order valence-corrected chi connectivity index (χ4v) is 2.46. The third-order valence-electron chi connectivity index (χ3n) is 3.63. The number of urea groups is 1. The molecule has 0 saturated carbocycles. The highest BCUT2D eigenvalue weighted by Crippen LogP contribution is 2.30. The predicted octanol–water partition coefficient (Wildman–Crippen LogP) is 2.20. The molecule has 25 heavy (non-hydrogen) atoms. The average Bonchev–Trinajstić information content (AvgIpc) is 2.58. The molecule has 138 valence electrons. The number of para-hydroxylation sites is 2. The highest BCUT2D eigenvalue weighted by Gasteiger charge is 2.24. The van der Waals surface area contributed by atoms with Crippen LogP contribution < -0.4 is 14.8 Å². The lowest BCUT2D eigenvalue weighted by Gasteiger charge is -2.30. The van der Waals surface area contributed by atoms with Crippen LogP contribution in [0.15, 0.2) is 24.3 Å². The maximum Gasteiger partial charge on any atom is 0.317 e. The summed E-state index contributed by atoms with van der Waals surface area (Å²) in [4.78, 5) is 25.4. The van der Waals surface area contributed by atoms with Gasteiger partial charge in [0.2, 0.25) is 0 Å². The van der Waals surface area contributed by atoms with Gasteiger partial charge in [-0.05, 0) is 32.9 Å². The Morgan fingerprint density at radius 3 is 2.72 bits per heavy atom. The van der Waals surface area contributed by atoms with E-state index in [-0.39, 0.29) is 37.2 Å². The zero-order chi connectivity index (χ0) is 18.2. The van der Waals surface area contributed by atoms with Gasteiger partial charge in [0.05, 0.1) is 19.1 Å². The van der Waals surface area contributed by atoms with Gasteiger partial charge in [-0.1, -0.05) is 12.1 Å². The van der Waals surface area contributed by atoms with Crippen LogP contribution in [0, 0.1) is 0 Å². The minimum absolute atomic E-state index is 0.151. The molecule has 2 rings (SSSR count). The Labute approximate surface area is 148 Å². The Bertz CT molecular complexity index is 591. The van der Waals surface area contributed by atoms with Gasteiger partial charge in [0, 0.05) is 13.1 Å². The van der Waals surface area contributed by atoms with Crippen LogP contribution in [0.1, 0.15) is 27.2 Å². The maximum atomic E-state index is 12.3. The molecule has 1 unspecified atom stereocenters. The first kappa shape index (κ1) is 18.9. The first-order chi connectivity index (χ1) is 12.0. The quantitative estimate of drug-likeness (QED) is 0.763. The van der Waals surface area contributed by atoms with Gasteiger partial charge in [-0.2, -0.15) is 0 Å². The van der Waals surface area contributed by atoms with Crippen molar-refractivity contribution in [1.29, 1.82) is 0 Å². The van der Waals surface area contributed by atoms with Crippen molar-refractivity contribution in [3.63, 3.8) is 0 Å². The molecule has 0 saturated heterocycles. The topological polar surface area (TPSA) is 77.1 Å². The molecule has 1 atom stereocenters. The normalized spacial score (nSPS) is 15.6. The van der Waals surface area contributed by atoms with Crippen LogP contribution in [-0.4, -0.2) is 55.3 Å². The molecule has 7 nitrogen and oxygen atoms in total. The lowest BCUT2D eigenvalue weighted by Crippen LogP contribution is -2.47. The highest BCUT2D eigenvalue weighted by molar-refractivity contribution is 5.75. The molecular formula is C18H26N2O5. The van der Waals surface area contributed by atoms with Crippen molar-refractivity contribution < 1.29 is 23.8 Å². The first-order valence-electron chi connectivity index (χ1n) is 8.60. The van der Waals surface area contributed by atoms with Crippen molar-refractivity contribution in [3.05, 3.63) is 24.3 Å². The van der Waals surface area contributed by atoms with Crippen molar-refractivity contribution in [3.8, 4) is 11.5 Å². The summed E-state index contributed by atoms with van der Waals surface area (Å²) in [6, 6.07) is 7.23. The third-order valence-corrected chi connectivity index (χ3v) is 3.63. The third kappa shape index (κ3) is 5.85. The first-order valence-corrected chi connectivity index (χ1v) is 8.60. The van der Waals surface area contributed by atoms with Crippen LogP contribution in [-0.2, 0) is 9.53 Å². The molecule has 0 spiro atoms. The molecule has 1 N–H and O–H groups in total. The minimum Gasteiger partial charge on any atom is -0.486 e. The SMILES string of the molecule is CCN(CC1COc2ccccc2O1)C(=O)NCCC(=O)OC(C)C. The van der Waals surface area contributed by atoms with E-state index in [1.165, 1.54) is 0 Å². The van der Waals surface area contributed by atoms with Gasteiger partial charge in [-0.3, -0.25) is 4.79 Å². The van der Waals surface area contributed by atoms with Gasteiger partial charge in [0.15, 0.2) is 17.6 Å². The monoisotopic (exact) mass is 350 g/mol. The molecule has 0 aromatic heterocycles. The Morgan fingerprint density at radius 1 is 1.32 bits per heavy atom. The number of carbonyl (C=O) groups is 2. The van der Waals surface area contributed by atoms with Gasteiger partial charge >= 0.3 is 12.0 Å². The number of rotatable bonds is 7. The van der Waals surface area contributed by atoms with E-state index in [1.54, 1.807) is 18.7 Å².